The number of phosphoric ester groups is 2. The first-order valence-corrected chi connectivity index (χ1v) is 39.5. The van der Waals surface area contributed by atoms with Gasteiger partial charge in [0.05, 0.1) is 26.4 Å². The number of ether oxygens (including phenoxy) is 4. The fraction of sp³-hybridized carbons (Fsp3) is 0.887. The second-order valence-electron chi connectivity index (χ2n) is 25.2. The number of phosphoric acid groups is 2. The van der Waals surface area contributed by atoms with Gasteiger partial charge < -0.3 is 33.8 Å². The summed E-state index contributed by atoms with van der Waals surface area (Å²) < 4.78 is 68.2. The molecule has 3 unspecified atom stereocenters. The lowest BCUT2D eigenvalue weighted by Gasteiger charge is -2.21. The number of carbonyl (C=O) groups is 4. The van der Waals surface area contributed by atoms with Crippen LogP contribution in [0.3, 0.4) is 0 Å². The molecule has 0 aromatic carbocycles. The Kier molecular flexibility index (Phi) is 62.2. The summed E-state index contributed by atoms with van der Waals surface area (Å²) in [6.07, 6.45) is 53.5. The van der Waals surface area contributed by atoms with Gasteiger partial charge in [-0.1, -0.05) is 290 Å². The van der Waals surface area contributed by atoms with Crippen molar-refractivity contribution in [3.05, 3.63) is 24.3 Å². The Morgan fingerprint density at radius 3 is 0.944 bits per heavy atom. The number of allylic oxidation sites excluding steroid dienone is 4. The zero-order valence-electron chi connectivity index (χ0n) is 57.8. The van der Waals surface area contributed by atoms with Crippen LogP contribution in [0.15, 0.2) is 24.3 Å². The average molecular weight is 1320 g/mol. The zero-order chi connectivity index (χ0) is 66.3. The highest BCUT2D eigenvalue weighted by atomic mass is 31.2. The third kappa shape index (κ3) is 63.0. The van der Waals surface area contributed by atoms with E-state index in [1.165, 1.54) is 148 Å². The molecule has 0 spiro atoms. The number of hydrogen-bond donors (Lipinski definition) is 3. The van der Waals surface area contributed by atoms with Gasteiger partial charge in [-0.3, -0.25) is 37.3 Å². The summed E-state index contributed by atoms with van der Waals surface area (Å²) in [6, 6.07) is 0. The van der Waals surface area contributed by atoms with Gasteiger partial charge in [0.15, 0.2) is 12.2 Å². The number of esters is 4. The van der Waals surface area contributed by atoms with Crippen molar-refractivity contribution < 1.29 is 80.2 Å². The highest BCUT2D eigenvalue weighted by molar-refractivity contribution is 7.47. The van der Waals surface area contributed by atoms with Gasteiger partial charge in [0.1, 0.15) is 19.3 Å². The van der Waals surface area contributed by atoms with Crippen LogP contribution in [0.5, 0.6) is 0 Å². The number of rotatable bonds is 69. The highest BCUT2D eigenvalue weighted by Crippen LogP contribution is 2.45. The molecule has 0 aliphatic heterocycles. The largest absolute Gasteiger partial charge is 0.472 e. The van der Waals surface area contributed by atoms with Crippen LogP contribution in [-0.2, 0) is 65.4 Å². The molecule has 0 aromatic heterocycles. The van der Waals surface area contributed by atoms with Crippen molar-refractivity contribution in [3.63, 3.8) is 0 Å². The lowest BCUT2D eigenvalue weighted by Crippen LogP contribution is -2.30. The fourth-order valence-electron chi connectivity index (χ4n) is 10.2. The van der Waals surface area contributed by atoms with Crippen molar-refractivity contribution in [1.29, 1.82) is 0 Å². The molecule has 530 valence electrons. The Bertz CT molecular complexity index is 1830. The summed E-state index contributed by atoms with van der Waals surface area (Å²) in [4.78, 5) is 72.5. The van der Waals surface area contributed by atoms with Crippen LogP contribution in [0.25, 0.3) is 0 Å². The molecule has 0 aliphatic carbocycles. The first kappa shape index (κ1) is 87.5. The lowest BCUT2D eigenvalue weighted by atomic mass is 9.99. The number of hydrogen-bond acceptors (Lipinski definition) is 15. The lowest BCUT2D eigenvalue weighted by molar-refractivity contribution is -0.161. The molecule has 0 heterocycles. The summed E-state index contributed by atoms with van der Waals surface area (Å²) >= 11 is 0. The van der Waals surface area contributed by atoms with E-state index in [9.17, 15) is 43.2 Å². The maximum absolute atomic E-state index is 13.0. The molecule has 0 bridgehead atoms. The van der Waals surface area contributed by atoms with Crippen LogP contribution in [-0.4, -0.2) is 96.7 Å². The smallest absolute Gasteiger partial charge is 0.462 e. The molecule has 0 aliphatic rings. The highest BCUT2D eigenvalue weighted by Gasteiger charge is 2.30. The quantitative estimate of drug-likeness (QED) is 0.0169. The molecule has 0 fully saturated rings. The zero-order valence-corrected chi connectivity index (χ0v) is 59.5. The summed E-state index contributed by atoms with van der Waals surface area (Å²) in [5.41, 5.74) is 0. The van der Waals surface area contributed by atoms with E-state index >= 15 is 0 Å². The standard InChI is InChI=1S/C71H134O17P2/c1-6-10-13-16-19-22-24-26-28-30-32-34-40-45-50-55-69(74)82-61-67(87-70(75)56-51-46-41-35-33-31-29-27-25-23-20-17-14-11-7-2)63-86-90(79,80)84-59-65(72)58-83-89(77,78)85-62-66(60-81-68(73)54-49-44-39-21-18-15-12-8-3)88-71(76)57-52-47-42-37-36-38-43-48-53-64(5)9-4/h23,25,27,29,64-67,72H,6-22,24,26,28,30-63H2,1-5H3,(H,77,78)(H,79,80)/b25-23-,29-27-/t64?,65-,66+,67+/m0/s1. The normalized spacial score (nSPS) is 14.5. The van der Waals surface area contributed by atoms with E-state index < -0.39 is 97.5 Å². The molecule has 19 heteroatoms. The van der Waals surface area contributed by atoms with E-state index in [1.807, 2.05) is 0 Å². The summed E-state index contributed by atoms with van der Waals surface area (Å²) in [5, 5.41) is 10.6. The van der Waals surface area contributed by atoms with Crippen molar-refractivity contribution >= 4 is 39.5 Å². The minimum atomic E-state index is -4.96. The first-order chi connectivity index (χ1) is 43.6. The maximum atomic E-state index is 13.0. The average Bonchev–Trinajstić information content (AvgIpc) is 3.34. The topological polar surface area (TPSA) is 237 Å². The van der Waals surface area contributed by atoms with Crippen LogP contribution >= 0.6 is 15.6 Å². The van der Waals surface area contributed by atoms with E-state index in [4.69, 9.17) is 37.0 Å². The van der Waals surface area contributed by atoms with Crippen molar-refractivity contribution in [2.75, 3.05) is 39.6 Å². The Balaban J connectivity index is 5.27. The van der Waals surface area contributed by atoms with E-state index in [2.05, 4.69) is 58.9 Å². The van der Waals surface area contributed by atoms with E-state index in [1.54, 1.807) is 0 Å². The van der Waals surface area contributed by atoms with Crippen molar-refractivity contribution in [3.8, 4) is 0 Å². The van der Waals surface area contributed by atoms with Gasteiger partial charge in [-0.05, 0) is 57.3 Å². The van der Waals surface area contributed by atoms with Gasteiger partial charge in [0.2, 0.25) is 0 Å². The second-order valence-corrected chi connectivity index (χ2v) is 28.1. The predicted molar refractivity (Wildman–Crippen MR) is 363 cm³/mol. The summed E-state index contributed by atoms with van der Waals surface area (Å²) in [5.74, 6) is -1.39. The van der Waals surface area contributed by atoms with Crippen LogP contribution in [0.4, 0.5) is 0 Å². The van der Waals surface area contributed by atoms with Crippen molar-refractivity contribution in [2.24, 2.45) is 5.92 Å². The Labute approximate surface area is 548 Å². The number of unbranched alkanes of at least 4 members (excludes halogenated alkanes) is 37. The molecule has 0 saturated heterocycles. The maximum Gasteiger partial charge on any atom is 0.472 e. The monoisotopic (exact) mass is 1320 g/mol. The van der Waals surface area contributed by atoms with Crippen LogP contribution < -0.4 is 0 Å². The minimum absolute atomic E-state index is 0.0855. The third-order valence-electron chi connectivity index (χ3n) is 16.3. The number of aliphatic hydroxyl groups excluding tert-OH is 1. The van der Waals surface area contributed by atoms with Gasteiger partial charge in [-0.25, -0.2) is 9.13 Å². The van der Waals surface area contributed by atoms with E-state index in [0.29, 0.717) is 25.7 Å². The van der Waals surface area contributed by atoms with Gasteiger partial charge in [0.25, 0.3) is 0 Å². The minimum Gasteiger partial charge on any atom is -0.462 e. The molecule has 0 saturated carbocycles. The number of carbonyl (C=O) groups excluding carboxylic acids is 4. The van der Waals surface area contributed by atoms with Gasteiger partial charge >= 0.3 is 39.5 Å². The van der Waals surface area contributed by atoms with Crippen LogP contribution in [0, 0.1) is 5.92 Å². The van der Waals surface area contributed by atoms with E-state index in [0.717, 1.165) is 115 Å². The molecule has 90 heavy (non-hydrogen) atoms. The summed E-state index contributed by atoms with van der Waals surface area (Å²) in [7, 11) is -9.91. The van der Waals surface area contributed by atoms with Crippen molar-refractivity contribution in [2.45, 2.75) is 361 Å². The van der Waals surface area contributed by atoms with Gasteiger partial charge in [0, 0.05) is 25.7 Å². The molecule has 0 amide bonds. The van der Waals surface area contributed by atoms with Gasteiger partial charge in [-0.15, -0.1) is 0 Å². The summed E-state index contributed by atoms with van der Waals surface area (Å²) in [6.45, 7) is 7.16. The molecule has 17 nitrogen and oxygen atoms in total. The molecular weight excluding hydrogens is 1190 g/mol. The number of aliphatic hydroxyl groups is 1. The predicted octanol–water partition coefficient (Wildman–Crippen LogP) is 20.1. The van der Waals surface area contributed by atoms with Crippen LogP contribution in [0.1, 0.15) is 343 Å². The Morgan fingerprint density at radius 1 is 0.356 bits per heavy atom. The molecular formula is C71H134O17P2. The molecule has 0 aromatic rings. The van der Waals surface area contributed by atoms with Gasteiger partial charge in [-0.2, -0.15) is 0 Å². The molecule has 6 atom stereocenters. The van der Waals surface area contributed by atoms with Crippen molar-refractivity contribution in [1.82, 2.24) is 0 Å². The molecule has 0 radical (unpaired) electrons. The van der Waals surface area contributed by atoms with Crippen LogP contribution in [0.2, 0.25) is 0 Å². The Hall–Kier alpha value is -2.46. The van der Waals surface area contributed by atoms with E-state index in [-0.39, 0.29) is 25.7 Å². The molecule has 0 rings (SSSR count). The first-order valence-electron chi connectivity index (χ1n) is 36.5. The molecule has 3 N–H and O–H groups in total. The second kappa shape index (κ2) is 63.9. The SMILES string of the molecule is CCCCCC/C=C\C=C/CCCCCCCC(=O)O[C@H](COC(=O)CCCCCCCCCCCCCCCCC)COP(=O)(O)OC[C@@H](O)COP(=O)(O)OC[C@@H](COC(=O)CCCCCCCCCC)OC(=O)CCCCCCCCCCC(C)CC. The third-order valence-corrected chi connectivity index (χ3v) is 18.2. The Morgan fingerprint density at radius 2 is 0.622 bits per heavy atom. The fourth-order valence-corrected chi connectivity index (χ4v) is 11.8.